The molecule has 142 valence electrons. The van der Waals surface area contributed by atoms with Gasteiger partial charge in [0.25, 0.3) is 0 Å². The summed E-state index contributed by atoms with van der Waals surface area (Å²) < 4.78 is 0. The summed E-state index contributed by atoms with van der Waals surface area (Å²) in [5.74, 6) is 1.16. The molecule has 0 N–H and O–H groups in total. The van der Waals surface area contributed by atoms with E-state index in [-0.39, 0.29) is 11.8 Å². The second kappa shape index (κ2) is 9.75. The van der Waals surface area contributed by atoms with Crippen molar-refractivity contribution in [2.45, 2.75) is 57.8 Å². The Balaban J connectivity index is 1.37. The molecule has 4 nitrogen and oxygen atoms in total. The zero-order valence-electron chi connectivity index (χ0n) is 15.9. The molecule has 2 heterocycles. The Bertz CT molecular complexity index is 587. The molecule has 3 rings (SSSR count). The second-order valence-electron chi connectivity index (χ2n) is 7.81. The Hall–Kier alpha value is -1.84. The van der Waals surface area contributed by atoms with Gasteiger partial charge in [0, 0.05) is 39.0 Å². The van der Waals surface area contributed by atoms with Crippen LogP contribution in [0.4, 0.5) is 0 Å². The molecule has 0 spiro atoms. The first-order valence-corrected chi connectivity index (χ1v) is 10.3. The number of aryl methyl sites for hydroxylation is 1. The van der Waals surface area contributed by atoms with Gasteiger partial charge in [0.15, 0.2) is 0 Å². The summed E-state index contributed by atoms with van der Waals surface area (Å²) in [7, 11) is 0. The summed E-state index contributed by atoms with van der Waals surface area (Å²) in [6, 6.07) is 10.6. The van der Waals surface area contributed by atoms with Crippen LogP contribution in [0.25, 0.3) is 0 Å². The first-order chi connectivity index (χ1) is 12.7. The standard InChI is InChI=1S/C22H32N2O2/c25-21-11-4-5-15-23(21)16-7-12-22(26)24-17-6-10-20(18-24)14-13-19-8-2-1-3-9-19/h1-3,8-9,20H,4-7,10-18H2. The SMILES string of the molecule is O=C1CCCCN1CCCC(=O)N1CCCC(CCc2ccccc2)C1. The smallest absolute Gasteiger partial charge is 0.222 e. The third kappa shape index (κ3) is 5.58. The molecule has 1 aromatic rings. The van der Waals surface area contributed by atoms with E-state index >= 15 is 0 Å². The molecule has 2 fully saturated rings. The predicted molar refractivity (Wildman–Crippen MR) is 104 cm³/mol. The molecule has 2 aliphatic heterocycles. The molecule has 2 aliphatic rings. The first-order valence-electron chi connectivity index (χ1n) is 10.3. The van der Waals surface area contributed by atoms with E-state index < -0.39 is 0 Å². The largest absolute Gasteiger partial charge is 0.343 e. The van der Waals surface area contributed by atoms with Gasteiger partial charge in [-0.15, -0.1) is 0 Å². The average Bonchev–Trinajstić information content (AvgIpc) is 2.69. The van der Waals surface area contributed by atoms with Crippen LogP contribution in [0.15, 0.2) is 30.3 Å². The summed E-state index contributed by atoms with van der Waals surface area (Å²) >= 11 is 0. The second-order valence-corrected chi connectivity index (χ2v) is 7.81. The minimum Gasteiger partial charge on any atom is -0.343 e. The molecule has 1 atom stereocenters. The van der Waals surface area contributed by atoms with Crippen molar-refractivity contribution in [2.24, 2.45) is 5.92 Å². The summed E-state index contributed by atoms with van der Waals surface area (Å²) in [6.07, 6.45) is 8.81. The first kappa shape index (κ1) is 18.9. The van der Waals surface area contributed by atoms with Crippen molar-refractivity contribution in [3.63, 3.8) is 0 Å². The average molecular weight is 357 g/mol. The van der Waals surface area contributed by atoms with E-state index in [9.17, 15) is 9.59 Å². The lowest BCUT2D eigenvalue weighted by atomic mass is 9.91. The van der Waals surface area contributed by atoms with Crippen LogP contribution in [-0.2, 0) is 16.0 Å². The van der Waals surface area contributed by atoms with Crippen LogP contribution in [0.2, 0.25) is 0 Å². The Morgan fingerprint density at radius 1 is 1.08 bits per heavy atom. The third-order valence-electron chi connectivity index (χ3n) is 5.80. The lowest BCUT2D eigenvalue weighted by Crippen LogP contribution is -2.41. The number of carbonyl (C=O) groups excluding carboxylic acids is 2. The van der Waals surface area contributed by atoms with Gasteiger partial charge in [-0.2, -0.15) is 0 Å². The maximum atomic E-state index is 12.6. The van der Waals surface area contributed by atoms with E-state index in [1.54, 1.807) is 0 Å². The van der Waals surface area contributed by atoms with Gasteiger partial charge in [0.2, 0.25) is 11.8 Å². The van der Waals surface area contributed by atoms with E-state index in [1.165, 1.54) is 12.0 Å². The number of rotatable bonds is 7. The zero-order valence-corrected chi connectivity index (χ0v) is 15.9. The number of hydrogen-bond donors (Lipinski definition) is 0. The zero-order chi connectivity index (χ0) is 18.2. The molecule has 0 bridgehead atoms. The number of piperidine rings is 2. The highest BCUT2D eigenvalue weighted by molar-refractivity contribution is 5.77. The summed E-state index contributed by atoms with van der Waals surface area (Å²) in [5.41, 5.74) is 1.39. The molecule has 1 aromatic carbocycles. The summed E-state index contributed by atoms with van der Waals surface area (Å²) in [4.78, 5) is 28.4. The number of amides is 2. The maximum Gasteiger partial charge on any atom is 0.222 e. The molecule has 0 radical (unpaired) electrons. The van der Waals surface area contributed by atoms with Crippen LogP contribution in [-0.4, -0.2) is 47.8 Å². The van der Waals surface area contributed by atoms with Crippen molar-refractivity contribution in [3.05, 3.63) is 35.9 Å². The lowest BCUT2D eigenvalue weighted by Gasteiger charge is -2.33. The maximum absolute atomic E-state index is 12.6. The van der Waals surface area contributed by atoms with Crippen LogP contribution in [0.3, 0.4) is 0 Å². The van der Waals surface area contributed by atoms with Gasteiger partial charge < -0.3 is 9.80 Å². The van der Waals surface area contributed by atoms with E-state index in [0.29, 0.717) is 18.8 Å². The highest BCUT2D eigenvalue weighted by Gasteiger charge is 2.24. The van der Waals surface area contributed by atoms with E-state index in [4.69, 9.17) is 0 Å². The molecule has 4 heteroatoms. The highest BCUT2D eigenvalue weighted by atomic mass is 16.2. The minimum atomic E-state index is 0.266. The van der Waals surface area contributed by atoms with Crippen molar-refractivity contribution in [3.8, 4) is 0 Å². The Labute approximate surface area is 157 Å². The number of hydrogen-bond acceptors (Lipinski definition) is 2. The van der Waals surface area contributed by atoms with Gasteiger partial charge >= 0.3 is 0 Å². The molecule has 1 unspecified atom stereocenters. The molecule has 2 saturated heterocycles. The number of carbonyl (C=O) groups is 2. The predicted octanol–water partition coefficient (Wildman–Crippen LogP) is 3.65. The van der Waals surface area contributed by atoms with Gasteiger partial charge in [-0.1, -0.05) is 30.3 Å². The molecule has 2 amide bonds. The van der Waals surface area contributed by atoms with Crippen molar-refractivity contribution in [1.82, 2.24) is 9.80 Å². The van der Waals surface area contributed by atoms with E-state index in [0.717, 1.165) is 64.7 Å². The van der Waals surface area contributed by atoms with Gasteiger partial charge in [0.1, 0.15) is 0 Å². The Morgan fingerprint density at radius 2 is 1.92 bits per heavy atom. The van der Waals surface area contributed by atoms with Crippen LogP contribution in [0.1, 0.15) is 56.9 Å². The van der Waals surface area contributed by atoms with Gasteiger partial charge in [0.05, 0.1) is 0 Å². The van der Waals surface area contributed by atoms with Gasteiger partial charge in [-0.05, 0) is 56.4 Å². The molecule has 0 saturated carbocycles. The fourth-order valence-electron chi connectivity index (χ4n) is 4.22. The number of benzene rings is 1. The number of likely N-dealkylation sites (tertiary alicyclic amines) is 2. The van der Waals surface area contributed by atoms with E-state index in [2.05, 4.69) is 35.2 Å². The third-order valence-corrected chi connectivity index (χ3v) is 5.80. The lowest BCUT2D eigenvalue weighted by molar-refractivity contribution is -0.136. The van der Waals surface area contributed by atoms with Crippen molar-refractivity contribution in [1.29, 1.82) is 0 Å². The number of nitrogens with zero attached hydrogens (tertiary/aromatic N) is 2. The Kier molecular flexibility index (Phi) is 7.10. The molecule has 0 aliphatic carbocycles. The van der Waals surface area contributed by atoms with Gasteiger partial charge in [-0.25, -0.2) is 0 Å². The monoisotopic (exact) mass is 356 g/mol. The van der Waals surface area contributed by atoms with Crippen molar-refractivity contribution in [2.75, 3.05) is 26.2 Å². The summed E-state index contributed by atoms with van der Waals surface area (Å²) in [5, 5.41) is 0. The Morgan fingerprint density at radius 3 is 2.73 bits per heavy atom. The highest BCUT2D eigenvalue weighted by Crippen LogP contribution is 2.22. The normalized spacial score (nSPS) is 21.1. The molecule has 0 aromatic heterocycles. The van der Waals surface area contributed by atoms with Crippen LogP contribution < -0.4 is 0 Å². The van der Waals surface area contributed by atoms with E-state index in [1.807, 2.05) is 4.90 Å². The molecule has 26 heavy (non-hydrogen) atoms. The van der Waals surface area contributed by atoms with Crippen molar-refractivity contribution >= 4 is 11.8 Å². The molecular formula is C22H32N2O2. The van der Waals surface area contributed by atoms with Crippen molar-refractivity contribution < 1.29 is 9.59 Å². The fraction of sp³-hybridized carbons (Fsp3) is 0.636. The summed E-state index contributed by atoms with van der Waals surface area (Å²) in [6.45, 7) is 3.44. The molecular weight excluding hydrogens is 324 g/mol. The van der Waals surface area contributed by atoms with Crippen LogP contribution >= 0.6 is 0 Å². The minimum absolute atomic E-state index is 0.266. The van der Waals surface area contributed by atoms with Crippen LogP contribution in [0, 0.1) is 5.92 Å². The van der Waals surface area contributed by atoms with Gasteiger partial charge in [-0.3, -0.25) is 9.59 Å². The fourth-order valence-corrected chi connectivity index (χ4v) is 4.22. The topological polar surface area (TPSA) is 40.6 Å². The van der Waals surface area contributed by atoms with Crippen LogP contribution in [0.5, 0.6) is 0 Å². The quantitative estimate of drug-likeness (QED) is 0.748.